The van der Waals surface area contributed by atoms with Crippen molar-refractivity contribution in [2.24, 2.45) is 10.8 Å². The second kappa shape index (κ2) is 4.08. The number of quaternary nitrogens is 2. The molecule has 1 aromatic rings. The Balaban J connectivity index is 1.65. The monoisotopic (exact) mass is 336 g/mol. The topological polar surface area (TPSA) is 4.44 Å². The number of nitrogens with zero attached hydrogens (tertiary/aromatic N) is 1. The van der Waals surface area contributed by atoms with Crippen molar-refractivity contribution in [3.8, 4) is 0 Å². The first-order chi connectivity index (χ1) is 9.38. The molecule has 4 bridgehead atoms. The molecule has 3 heteroatoms. The first-order valence-electron chi connectivity index (χ1n) is 7.81. The van der Waals surface area contributed by atoms with Crippen molar-refractivity contribution in [3.05, 3.63) is 34.3 Å². The van der Waals surface area contributed by atoms with Gasteiger partial charge in [0.2, 0.25) is 6.67 Å². The van der Waals surface area contributed by atoms with E-state index in [2.05, 4.69) is 54.0 Å². The third kappa shape index (κ3) is 2.15. The van der Waals surface area contributed by atoms with Crippen molar-refractivity contribution >= 4 is 15.9 Å². The number of nitrogens with one attached hydrogen (secondary N) is 1. The smallest absolute Gasteiger partial charge is 0.206 e. The summed E-state index contributed by atoms with van der Waals surface area (Å²) in [4.78, 5) is 1.86. The third-order valence-electron chi connectivity index (χ3n) is 5.63. The van der Waals surface area contributed by atoms with E-state index in [1.807, 2.05) is 4.90 Å². The highest BCUT2D eigenvalue weighted by molar-refractivity contribution is 9.10. The zero-order valence-electron chi connectivity index (χ0n) is 12.6. The summed E-state index contributed by atoms with van der Waals surface area (Å²) in [6.45, 7) is 13.2. The van der Waals surface area contributed by atoms with Crippen LogP contribution in [0.4, 0.5) is 0 Å². The van der Waals surface area contributed by atoms with Crippen molar-refractivity contribution < 1.29 is 9.38 Å². The van der Waals surface area contributed by atoms with Gasteiger partial charge < -0.3 is 0 Å². The number of benzene rings is 1. The van der Waals surface area contributed by atoms with Gasteiger partial charge in [-0.15, -0.1) is 0 Å². The number of hydrogen-bond donors (Lipinski definition) is 1. The van der Waals surface area contributed by atoms with Gasteiger partial charge in [0, 0.05) is 10.0 Å². The van der Waals surface area contributed by atoms with E-state index in [0.717, 1.165) is 0 Å². The molecule has 108 valence electrons. The molecule has 0 aliphatic carbocycles. The molecule has 0 aromatic heterocycles. The van der Waals surface area contributed by atoms with Gasteiger partial charge in [-0.25, -0.2) is 0 Å². The Bertz CT molecular complexity index is 520. The van der Waals surface area contributed by atoms with E-state index in [9.17, 15) is 0 Å². The standard InChI is InChI=1S/C17H24BrN2/c1-16-8-17(2)10-19(9-16)13-20(11-16,12-17)7-14-3-5-15(18)6-4-14/h3-6H,7-13H2,1-2H3/q+1/p+1/t16-,17+,20?. The van der Waals surface area contributed by atoms with Crippen LogP contribution in [-0.2, 0) is 6.54 Å². The third-order valence-corrected chi connectivity index (χ3v) is 6.16. The van der Waals surface area contributed by atoms with Gasteiger partial charge in [-0.3, -0.25) is 9.38 Å². The van der Waals surface area contributed by atoms with Crippen molar-refractivity contribution in [1.29, 1.82) is 0 Å². The number of hydrogen-bond acceptors (Lipinski definition) is 0. The Labute approximate surface area is 130 Å². The first-order valence-corrected chi connectivity index (χ1v) is 8.60. The van der Waals surface area contributed by atoms with E-state index in [-0.39, 0.29) is 0 Å². The Morgan fingerprint density at radius 1 is 1.10 bits per heavy atom. The second-order valence-electron chi connectivity index (χ2n) is 8.50. The highest BCUT2D eigenvalue weighted by Gasteiger charge is 2.63. The maximum Gasteiger partial charge on any atom is 0.206 e. The summed E-state index contributed by atoms with van der Waals surface area (Å²) in [5.41, 5.74) is 2.66. The molecule has 0 amide bonds. The van der Waals surface area contributed by atoms with Crippen LogP contribution < -0.4 is 4.90 Å². The summed E-state index contributed by atoms with van der Waals surface area (Å²) in [7, 11) is 0. The van der Waals surface area contributed by atoms with Gasteiger partial charge in [0.25, 0.3) is 0 Å². The fourth-order valence-corrected chi connectivity index (χ4v) is 6.43. The Morgan fingerprint density at radius 3 is 2.25 bits per heavy atom. The van der Waals surface area contributed by atoms with Crippen LogP contribution in [0, 0.1) is 10.8 Å². The van der Waals surface area contributed by atoms with Crippen LogP contribution in [0.3, 0.4) is 0 Å². The molecule has 1 aromatic carbocycles. The van der Waals surface area contributed by atoms with Crippen LogP contribution in [0.2, 0.25) is 0 Å². The molecular formula is C17H25BrN2+2. The summed E-state index contributed by atoms with van der Waals surface area (Å²) < 4.78 is 2.51. The van der Waals surface area contributed by atoms with Gasteiger partial charge in [0.15, 0.2) is 0 Å². The predicted molar refractivity (Wildman–Crippen MR) is 84.2 cm³/mol. The molecule has 4 heterocycles. The molecule has 4 atom stereocenters. The summed E-state index contributed by atoms with van der Waals surface area (Å²) in [5, 5.41) is 0. The van der Waals surface area contributed by atoms with Crippen molar-refractivity contribution in [3.63, 3.8) is 0 Å². The van der Waals surface area contributed by atoms with Gasteiger partial charge in [-0.1, -0.05) is 28.1 Å². The predicted octanol–water partition coefficient (Wildman–Crippen LogP) is 2.05. The lowest BCUT2D eigenvalue weighted by atomic mass is 9.63. The minimum Gasteiger partial charge on any atom is -0.287 e. The average molecular weight is 337 g/mol. The second-order valence-corrected chi connectivity index (χ2v) is 9.42. The van der Waals surface area contributed by atoms with Crippen LogP contribution in [0.1, 0.15) is 25.8 Å². The molecular weight excluding hydrogens is 312 g/mol. The molecule has 5 rings (SSSR count). The maximum atomic E-state index is 3.55. The first kappa shape index (κ1) is 13.3. The number of halogens is 1. The zero-order chi connectivity index (χ0) is 14.0. The zero-order valence-corrected chi connectivity index (χ0v) is 14.2. The SMILES string of the molecule is C[C@]12C[NH+]3C[C@](C)(C1)C[N+](Cc1ccc(Br)cc1)(C3)C2. The van der Waals surface area contributed by atoms with Crippen LogP contribution >= 0.6 is 15.9 Å². The lowest BCUT2D eigenvalue weighted by molar-refractivity contribution is -1.15. The molecule has 0 saturated carbocycles. The van der Waals surface area contributed by atoms with E-state index >= 15 is 0 Å². The lowest BCUT2D eigenvalue weighted by Gasteiger charge is -2.63. The molecule has 4 aliphatic heterocycles. The molecule has 20 heavy (non-hydrogen) atoms. The molecule has 4 aliphatic rings. The fourth-order valence-electron chi connectivity index (χ4n) is 6.17. The van der Waals surface area contributed by atoms with Crippen LogP contribution in [-0.4, -0.2) is 37.3 Å². The molecule has 4 saturated heterocycles. The molecule has 4 fully saturated rings. The van der Waals surface area contributed by atoms with Crippen molar-refractivity contribution in [2.75, 3.05) is 32.8 Å². The summed E-state index contributed by atoms with van der Waals surface area (Å²) >= 11 is 3.55. The van der Waals surface area contributed by atoms with Crippen LogP contribution in [0.5, 0.6) is 0 Å². The van der Waals surface area contributed by atoms with E-state index in [4.69, 9.17) is 0 Å². The maximum absolute atomic E-state index is 3.55. The lowest BCUT2D eigenvalue weighted by Crippen LogP contribution is -3.22. The molecule has 2 nitrogen and oxygen atoms in total. The van der Waals surface area contributed by atoms with Gasteiger partial charge in [-0.2, -0.15) is 0 Å². The quantitative estimate of drug-likeness (QED) is 0.788. The van der Waals surface area contributed by atoms with E-state index in [1.165, 1.54) is 60.3 Å². The Morgan fingerprint density at radius 2 is 1.70 bits per heavy atom. The summed E-state index contributed by atoms with van der Waals surface area (Å²) in [6.07, 6.45) is 1.45. The summed E-state index contributed by atoms with van der Waals surface area (Å²) in [6, 6.07) is 8.99. The van der Waals surface area contributed by atoms with Crippen molar-refractivity contribution in [2.45, 2.75) is 26.8 Å². The van der Waals surface area contributed by atoms with Gasteiger partial charge in [0.1, 0.15) is 6.54 Å². The average Bonchev–Trinajstić information content (AvgIpc) is 2.27. The van der Waals surface area contributed by atoms with E-state index in [0.29, 0.717) is 10.8 Å². The number of rotatable bonds is 2. The molecule has 0 spiro atoms. The van der Waals surface area contributed by atoms with Gasteiger partial charge in [0.05, 0.1) is 37.0 Å². The molecule has 2 unspecified atom stereocenters. The normalized spacial score (nSPS) is 45.9. The van der Waals surface area contributed by atoms with Gasteiger partial charge >= 0.3 is 0 Å². The fraction of sp³-hybridized carbons (Fsp3) is 0.647. The molecule has 1 N–H and O–H groups in total. The van der Waals surface area contributed by atoms with E-state index < -0.39 is 0 Å². The largest absolute Gasteiger partial charge is 0.287 e. The number of piperidine rings is 2. The van der Waals surface area contributed by atoms with Crippen LogP contribution in [0.25, 0.3) is 0 Å². The summed E-state index contributed by atoms with van der Waals surface area (Å²) in [5.74, 6) is 0. The Hall–Kier alpha value is -0.380. The Kier molecular flexibility index (Phi) is 2.72. The highest BCUT2D eigenvalue weighted by atomic mass is 79.9. The minimum absolute atomic E-state index is 0.578. The molecule has 0 radical (unpaired) electrons. The minimum atomic E-state index is 0.578. The van der Waals surface area contributed by atoms with Crippen molar-refractivity contribution in [1.82, 2.24) is 0 Å². The van der Waals surface area contributed by atoms with E-state index in [1.54, 1.807) is 0 Å². The highest BCUT2D eigenvalue weighted by Crippen LogP contribution is 2.47. The van der Waals surface area contributed by atoms with Gasteiger partial charge in [-0.05, 0) is 32.4 Å². The van der Waals surface area contributed by atoms with Crippen LogP contribution in [0.15, 0.2) is 28.7 Å².